The molecule has 0 aromatic carbocycles. The molecule has 1 aliphatic heterocycles. The molecule has 22 heavy (non-hydrogen) atoms. The van der Waals surface area contributed by atoms with Crippen LogP contribution in [-0.2, 0) is 19.0 Å². The van der Waals surface area contributed by atoms with Gasteiger partial charge >= 0.3 is 12.1 Å². The minimum Gasteiger partial charge on any atom is -0.480 e. The molecule has 1 saturated heterocycles. The van der Waals surface area contributed by atoms with Crippen LogP contribution < -0.4 is 5.32 Å². The van der Waals surface area contributed by atoms with Gasteiger partial charge in [-0.15, -0.1) is 0 Å². The highest BCUT2D eigenvalue weighted by Gasteiger charge is 2.43. The molecule has 2 aliphatic rings. The van der Waals surface area contributed by atoms with Crippen LogP contribution in [0.2, 0.25) is 0 Å². The Bertz CT molecular complexity index is 414. The van der Waals surface area contributed by atoms with Gasteiger partial charge in [0.05, 0.1) is 13.2 Å². The van der Waals surface area contributed by atoms with E-state index in [4.69, 9.17) is 14.2 Å². The highest BCUT2D eigenvalue weighted by molar-refractivity contribution is 5.80. The topological polar surface area (TPSA) is 94.1 Å². The number of alkyl carbamates (subject to hydrolysis) is 1. The van der Waals surface area contributed by atoms with Crippen molar-refractivity contribution in [1.82, 2.24) is 5.32 Å². The molecular formula is C15H25NO6. The predicted octanol–water partition coefficient (Wildman–Crippen LogP) is 1.90. The molecule has 1 heterocycles. The lowest BCUT2D eigenvalue weighted by atomic mass is 9.80. The number of carboxylic acid groups (broad SMARTS) is 1. The van der Waals surface area contributed by atoms with Gasteiger partial charge in [0.25, 0.3) is 0 Å². The standard InChI is InChI=1S/C15H25NO6/c1-14(2,3)22-13(19)16-11(12(17)18)10-4-6-15(7-5-10)20-8-9-21-15/h10-11H,4-9H2,1-3H3,(H,16,19)(H,17,18)/t11-/m0/s1. The van der Waals surface area contributed by atoms with Crippen LogP contribution >= 0.6 is 0 Å². The monoisotopic (exact) mass is 315 g/mol. The summed E-state index contributed by atoms with van der Waals surface area (Å²) in [6.07, 6.45) is 1.86. The van der Waals surface area contributed by atoms with Crippen LogP contribution in [-0.4, -0.2) is 47.8 Å². The molecule has 1 aliphatic carbocycles. The zero-order valence-electron chi connectivity index (χ0n) is 13.4. The van der Waals surface area contributed by atoms with E-state index >= 15 is 0 Å². The molecule has 0 radical (unpaired) electrons. The lowest BCUT2D eigenvalue weighted by Crippen LogP contribution is -2.50. The Morgan fingerprint density at radius 3 is 2.23 bits per heavy atom. The molecular weight excluding hydrogens is 290 g/mol. The van der Waals surface area contributed by atoms with E-state index in [0.29, 0.717) is 38.9 Å². The number of hydrogen-bond donors (Lipinski definition) is 2. The van der Waals surface area contributed by atoms with Crippen LogP contribution in [0.5, 0.6) is 0 Å². The van der Waals surface area contributed by atoms with Crippen molar-refractivity contribution in [3.63, 3.8) is 0 Å². The van der Waals surface area contributed by atoms with Gasteiger partial charge in [0.2, 0.25) is 0 Å². The molecule has 1 spiro atoms. The summed E-state index contributed by atoms with van der Waals surface area (Å²) in [7, 11) is 0. The zero-order valence-corrected chi connectivity index (χ0v) is 13.4. The molecule has 1 atom stereocenters. The van der Waals surface area contributed by atoms with Gasteiger partial charge in [0.15, 0.2) is 5.79 Å². The van der Waals surface area contributed by atoms with Crippen LogP contribution in [0.4, 0.5) is 4.79 Å². The molecule has 2 rings (SSSR count). The van der Waals surface area contributed by atoms with Crippen molar-refractivity contribution in [1.29, 1.82) is 0 Å². The van der Waals surface area contributed by atoms with Crippen molar-refractivity contribution in [2.45, 2.75) is 63.9 Å². The van der Waals surface area contributed by atoms with Crippen LogP contribution in [0.15, 0.2) is 0 Å². The molecule has 0 aromatic rings. The number of aliphatic carboxylic acids is 1. The molecule has 0 unspecified atom stereocenters. The molecule has 2 N–H and O–H groups in total. The first-order valence-corrected chi connectivity index (χ1v) is 7.71. The molecule has 1 saturated carbocycles. The summed E-state index contributed by atoms with van der Waals surface area (Å²) >= 11 is 0. The quantitative estimate of drug-likeness (QED) is 0.826. The summed E-state index contributed by atoms with van der Waals surface area (Å²) in [5.74, 6) is -1.73. The summed E-state index contributed by atoms with van der Waals surface area (Å²) < 4.78 is 16.4. The summed E-state index contributed by atoms with van der Waals surface area (Å²) in [6, 6.07) is -0.950. The van der Waals surface area contributed by atoms with Crippen molar-refractivity contribution in [3.8, 4) is 0 Å². The van der Waals surface area contributed by atoms with Crippen molar-refractivity contribution in [2.24, 2.45) is 5.92 Å². The third kappa shape index (κ3) is 4.33. The Morgan fingerprint density at radius 1 is 1.23 bits per heavy atom. The first kappa shape index (κ1) is 17.0. The fourth-order valence-electron chi connectivity index (χ4n) is 3.01. The van der Waals surface area contributed by atoms with E-state index in [2.05, 4.69) is 5.32 Å². The second-order valence-corrected chi connectivity index (χ2v) is 6.91. The molecule has 0 bridgehead atoms. The van der Waals surface area contributed by atoms with Crippen molar-refractivity contribution < 1.29 is 28.9 Å². The van der Waals surface area contributed by atoms with Crippen LogP contribution in [0.1, 0.15) is 46.5 Å². The van der Waals surface area contributed by atoms with Gasteiger partial charge < -0.3 is 24.6 Å². The minimum absolute atomic E-state index is 0.150. The largest absolute Gasteiger partial charge is 0.480 e. The number of ether oxygens (including phenoxy) is 3. The lowest BCUT2D eigenvalue weighted by molar-refractivity contribution is -0.185. The van der Waals surface area contributed by atoms with Gasteiger partial charge in [-0.25, -0.2) is 9.59 Å². The Hall–Kier alpha value is -1.34. The maximum atomic E-state index is 11.8. The highest BCUT2D eigenvalue weighted by atomic mass is 16.7. The smallest absolute Gasteiger partial charge is 0.408 e. The lowest BCUT2D eigenvalue weighted by Gasteiger charge is -2.37. The number of hydrogen-bond acceptors (Lipinski definition) is 5. The van der Waals surface area contributed by atoms with Gasteiger partial charge in [-0.1, -0.05) is 0 Å². The Balaban J connectivity index is 1.92. The van der Waals surface area contributed by atoms with Gasteiger partial charge in [0.1, 0.15) is 11.6 Å². The number of carbonyl (C=O) groups is 2. The Kier molecular flexibility index (Phi) is 4.97. The number of amides is 1. The summed E-state index contributed by atoms with van der Waals surface area (Å²) in [4.78, 5) is 23.3. The first-order valence-electron chi connectivity index (χ1n) is 7.71. The number of nitrogens with one attached hydrogen (secondary N) is 1. The van der Waals surface area contributed by atoms with Gasteiger partial charge in [0, 0.05) is 12.8 Å². The van der Waals surface area contributed by atoms with Crippen molar-refractivity contribution >= 4 is 12.1 Å². The number of carbonyl (C=O) groups excluding carboxylic acids is 1. The van der Waals surface area contributed by atoms with E-state index in [1.165, 1.54) is 0 Å². The number of carboxylic acids is 1. The second-order valence-electron chi connectivity index (χ2n) is 6.91. The summed E-state index contributed by atoms with van der Waals surface area (Å²) in [5.41, 5.74) is -0.657. The van der Waals surface area contributed by atoms with E-state index in [9.17, 15) is 14.7 Å². The van der Waals surface area contributed by atoms with Crippen LogP contribution in [0.3, 0.4) is 0 Å². The molecule has 7 heteroatoms. The van der Waals surface area contributed by atoms with E-state index < -0.39 is 29.5 Å². The first-order chi connectivity index (χ1) is 10.2. The average Bonchev–Trinajstić information content (AvgIpc) is 2.83. The van der Waals surface area contributed by atoms with Gasteiger partial charge in [-0.2, -0.15) is 0 Å². The maximum absolute atomic E-state index is 11.8. The van der Waals surface area contributed by atoms with Crippen molar-refractivity contribution in [3.05, 3.63) is 0 Å². The normalized spacial score (nSPS) is 23.2. The Morgan fingerprint density at radius 2 is 1.77 bits per heavy atom. The second kappa shape index (κ2) is 6.42. The van der Waals surface area contributed by atoms with Crippen molar-refractivity contribution in [2.75, 3.05) is 13.2 Å². The average molecular weight is 315 g/mol. The molecule has 7 nitrogen and oxygen atoms in total. The minimum atomic E-state index is -1.04. The zero-order chi connectivity index (χ0) is 16.4. The highest BCUT2D eigenvalue weighted by Crippen LogP contribution is 2.39. The molecule has 2 fully saturated rings. The molecule has 126 valence electrons. The van der Waals surface area contributed by atoms with Crippen LogP contribution in [0, 0.1) is 5.92 Å². The van der Waals surface area contributed by atoms with E-state index in [1.807, 2.05) is 0 Å². The van der Waals surface area contributed by atoms with Gasteiger partial charge in [-0.05, 0) is 39.5 Å². The maximum Gasteiger partial charge on any atom is 0.408 e. The van der Waals surface area contributed by atoms with E-state index in [-0.39, 0.29) is 5.92 Å². The third-order valence-electron chi connectivity index (χ3n) is 4.02. The van der Waals surface area contributed by atoms with E-state index in [0.717, 1.165) is 0 Å². The molecule has 1 amide bonds. The van der Waals surface area contributed by atoms with E-state index in [1.54, 1.807) is 20.8 Å². The fourth-order valence-corrected chi connectivity index (χ4v) is 3.01. The summed E-state index contributed by atoms with van der Waals surface area (Å²) in [6.45, 7) is 6.39. The fraction of sp³-hybridized carbons (Fsp3) is 0.867. The molecule has 0 aromatic heterocycles. The predicted molar refractivity (Wildman–Crippen MR) is 77.4 cm³/mol. The van der Waals surface area contributed by atoms with Crippen LogP contribution in [0.25, 0.3) is 0 Å². The number of rotatable bonds is 3. The summed E-state index contributed by atoms with van der Waals surface area (Å²) in [5, 5.41) is 11.9. The van der Waals surface area contributed by atoms with Gasteiger partial charge in [-0.3, -0.25) is 0 Å². The Labute approximate surface area is 130 Å². The third-order valence-corrected chi connectivity index (χ3v) is 4.02. The SMILES string of the molecule is CC(C)(C)OC(=O)N[C@H](C(=O)O)C1CCC2(CC1)OCCO2.